The minimum atomic E-state index is -0.379. The van der Waals surface area contributed by atoms with E-state index in [1.54, 1.807) is 11.3 Å². The standard InChI is InChI=1S/C15H17BBrNO2S/c1-14(2)15(3,4)20-16(19-14)10-8-11(17)13(18-9-10)12-6-5-7-21-12/h5-9H,1-4H3. The summed E-state index contributed by atoms with van der Waals surface area (Å²) in [5.74, 6) is 0. The van der Waals surface area contributed by atoms with Gasteiger partial charge in [0, 0.05) is 16.1 Å². The number of aromatic nitrogens is 1. The summed E-state index contributed by atoms with van der Waals surface area (Å²) in [5.41, 5.74) is 1.21. The van der Waals surface area contributed by atoms with E-state index in [1.165, 1.54) is 0 Å². The van der Waals surface area contributed by atoms with Gasteiger partial charge in [0.15, 0.2) is 0 Å². The molecule has 1 aliphatic rings. The van der Waals surface area contributed by atoms with Crippen LogP contribution < -0.4 is 5.46 Å². The van der Waals surface area contributed by atoms with Crippen LogP contribution in [0.3, 0.4) is 0 Å². The Labute approximate surface area is 138 Å². The lowest BCUT2D eigenvalue weighted by molar-refractivity contribution is 0.00578. The van der Waals surface area contributed by atoms with E-state index >= 15 is 0 Å². The van der Waals surface area contributed by atoms with E-state index in [-0.39, 0.29) is 18.3 Å². The van der Waals surface area contributed by atoms with Crippen LogP contribution in [0.2, 0.25) is 0 Å². The Morgan fingerprint density at radius 1 is 1.19 bits per heavy atom. The molecule has 3 nitrogen and oxygen atoms in total. The normalized spacial score (nSPS) is 20.0. The van der Waals surface area contributed by atoms with Crippen molar-refractivity contribution in [3.05, 3.63) is 34.2 Å². The Morgan fingerprint density at radius 3 is 2.38 bits per heavy atom. The van der Waals surface area contributed by atoms with Crippen molar-refractivity contribution in [1.82, 2.24) is 4.98 Å². The molecule has 0 N–H and O–H groups in total. The van der Waals surface area contributed by atoms with Crippen molar-refractivity contribution in [2.45, 2.75) is 38.9 Å². The highest BCUT2D eigenvalue weighted by Gasteiger charge is 2.51. The van der Waals surface area contributed by atoms with Gasteiger partial charge in [-0.05, 0) is 61.1 Å². The average molecular weight is 366 g/mol. The molecule has 110 valence electrons. The Bertz CT molecular complexity index is 642. The van der Waals surface area contributed by atoms with E-state index < -0.39 is 0 Å². The molecule has 0 aromatic carbocycles. The zero-order valence-electron chi connectivity index (χ0n) is 12.5. The van der Waals surface area contributed by atoms with Crippen LogP contribution in [0.5, 0.6) is 0 Å². The maximum Gasteiger partial charge on any atom is 0.496 e. The number of thiophene rings is 1. The minimum Gasteiger partial charge on any atom is -0.399 e. The molecule has 0 atom stereocenters. The predicted molar refractivity (Wildman–Crippen MR) is 91.0 cm³/mol. The zero-order chi connectivity index (χ0) is 15.3. The Morgan fingerprint density at radius 2 is 1.86 bits per heavy atom. The summed E-state index contributed by atoms with van der Waals surface area (Å²) in [6.45, 7) is 8.20. The third-order valence-electron chi connectivity index (χ3n) is 4.14. The van der Waals surface area contributed by atoms with Crippen molar-refractivity contribution < 1.29 is 9.31 Å². The lowest BCUT2D eigenvalue weighted by Crippen LogP contribution is -2.41. The maximum atomic E-state index is 6.06. The molecule has 0 radical (unpaired) electrons. The van der Waals surface area contributed by atoms with Gasteiger partial charge in [-0.1, -0.05) is 6.07 Å². The fourth-order valence-corrected chi connectivity index (χ4v) is 3.60. The maximum absolute atomic E-state index is 6.06. The highest BCUT2D eigenvalue weighted by Crippen LogP contribution is 2.37. The quantitative estimate of drug-likeness (QED) is 0.757. The fourth-order valence-electron chi connectivity index (χ4n) is 2.16. The highest BCUT2D eigenvalue weighted by molar-refractivity contribution is 9.10. The first-order chi connectivity index (χ1) is 9.80. The van der Waals surface area contributed by atoms with Crippen LogP contribution in [-0.4, -0.2) is 23.3 Å². The largest absolute Gasteiger partial charge is 0.496 e. The van der Waals surface area contributed by atoms with Crippen LogP contribution in [-0.2, 0) is 9.31 Å². The number of halogens is 1. The number of hydrogen-bond acceptors (Lipinski definition) is 4. The van der Waals surface area contributed by atoms with Gasteiger partial charge in [0.05, 0.1) is 21.8 Å². The summed E-state index contributed by atoms with van der Waals surface area (Å²) < 4.78 is 13.1. The predicted octanol–water partition coefficient (Wildman–Crippen LogP) is 3.87. The van der Waals surface area contributed by atoms with Gasteiger partial charge in [0.25, 0.3) is 0 Å². The van der Waals surface area contributed by atoms with Gasteiger partial charge in [-0.25, -0.2) is 0 Å². The van der Waals surface area contributed by atoms with Crippen molar-refractivity contribution in [1.29, 1.82) is 0 Å². The summed E-state index contributed by atoms with van der Waals surface area (Å²) in [5, 5.41) is 2.05. The molecule has 2 aromatic heterocycles. The van der Waals surface area contributed by atoms with Gasteiger partial charge in [0.1, 0.15) is 0 Å². The van der Waals surface area contributed by atoms with Crippen LogP contribution in [0.15, 0.2) is 34.2 Å². The van der Waals surface area contributed by atoms with Crippen molar-refractivity contribution in [2.75, 3.05) is 0 Å². The summed E-state index contributed by atoms with van der Waals surface area (Å²) in [6, 6.07) is 6.12. The zero-order valence-corrected chi connectivity index (χ0v) is 14.9. The van der Waals surface area contributed by atoms with Crippen LogP contribution in [0.1, 0.15) is 27.7 Å². The molecule has 3 heterocycles. The van der Waals surface area contributed by atoms with E-state index in [0.29, 0.717) is 0 Å². The third-order valence-corrected chi connectivity index (χ3v) is 5.62. The van der Waals surface area contributed by atoms with Crippen molar-refractivity contribution in [3.8, 4) is 10.6 Å². The van der Waals surface area contributed by atoms with Crippen molar-refractivity contribution in [2.24, 2.45) is 0 Å². The van der Waals surface area contributed by atoms with Crippen molar-refractivity contribution >= 4 is 39.8 Å². The van der Waals surface area contributed by atoms with Crippen LogP contribution in [0.4, 0.5) is 0 Å². The molecule has 6 heteroatoms. The summed E-state index contributed by atoms with van der Waals surface area (Å²) in [4.78, 5) is 5.71. The SMILES string of the molecule is CC1(C)OB(c2cnc(-c3cccs3)c(Br)c2)OC1(C)C. The Kier molecular flexibility index (Phi) is 3.77. The molecular weight excluding hydrogens is 349 g/mol. The Hall–Kier alpha value is -0.685. The lowest BCUT2D eigenvalue weighted by Gasteiger charge is -2.32. The number of rotatable bonds is 2. The molecule has 1 aliphatic heterocycles. The first-order valence-electron chi connectivity index (χ1n) is 6.85. The number of nitrogens with zero attached hydrogens (tertiary/aromatic N) is 1. The second-order valence-electron chi connectivity index (χ2n) is 6.16. The first-order valence-corrected chi connectivity index (χ1v) is 8.52. The van der Waals surface area contributed by atoms with Gasteiger partial charge in [-0.2, -0.15) is 0 Å². The monoisotopic (exact) mass is 365 g/mol. The van der Waals surface area contributed by atoms with Crippen molar-refractivity contribution in [3.63, 3.8) is 0 Å². The molecule has 0 bridgehead atoms. The summed E-state index contributed by atoms with van der Waals surface area (Å²) >= 11 is 5.28. The Balaban J connectivity index is 1.90. The molecule has 0 spiro atoms. The van der Waals surface area contributed by atoms with Gasteiger partial charge in [-0.15, -0.1) is 11.3 Å². The molecule has 21 heavy (non-hydrogen) atoms. The topological polar surface area (TPSA) is 31.4 Å². The molecule has 0 saturated carbocycles. The van der Waals surface area contributed by atoms with E-state index in [4.69, 9.17) is 9.31 Å². The van der Waals surface area contributed by atoms with E-state index in [1.807, 2.05) is 23.7 Å². The van der Waals surface area contributed by atoms with E-state index in [0.717, 1.165) is 20.5 Å². The molecule has 1 saturated heterocycles. The summed E-state index contributed by atoms with van der Waals surface area (Å²) in [6.07, 6.45) is 1.84. The lowest BCUT2D eigenvalue weighted by atomic mass is 9.80. The molecule has 3 rings (SSSR count). The molecule has 0 unspecified atom stereocenters. The average Bonchev–Trinajstić information content (AvgIpc) is 2.96. The van der Waals surface area contributed by atoms with E-state index in [9.17, 15) is 0 Å². The second-order valence-corrected chi connectivity index (χ2v) is 7.97. The van der Waals surface area contributed by atoms with Gasteiger partial charge < -0.3 is 9.31 Å². The molecular formula is C15H17BBrNO2S. The second kappa shape index (κ2) is 5.20. The minimum absolute atomic E-state index is 0.337. The van der Waals surface area contributed by atoms with Crippen LogP contribution >= 0.6 is 27.3 Å². The van der Waals surface area contributed by atoms with Gasteiger partial charge >= 0.3 is 7.12 Å². The van der Waals surface area contributed by atoms with Crippen LogP contribution in [0.25, 0.3) is 10.6 Å². The first kappa shape index (κ1) is 15.2. The number of pyridine rings is 1. The van der Waals surface area contributed by atoms with Gasteiger partial charge in [0.2, 0.25) is 0 Å². The van der Waals surface area contributed by atoms with Crippen LogP contribution in [0, 0.1) is 0 Å². The summed E-state index contributed by atoms with van der Waals surface area (Å²) in [7, 11) is -0.379. The molecule has 0 aliphatic carbocycles. The number of hydrogen-bond donors (Lipinski definition) is 0. The third kappa shape index (κ3) is 2.70. The van der Waals surface area contributed by atoms with Gasteiger partial charge in [-0.3, -0.25) is 4.98 Å². The molecule has 1 fully saturated rings. The highest BCUT2D eigenvalue weighted by atomic mass is 79.9. The molecule has 0 amide bonds. The smallest absolute Gasteiger partial charge is 0.399 e. The molecule has 2 aromatic rings. The van der Waals surface area contributed by atoms with E-state index in [2.05, 4.69) is 54.7 Å². The fraction of sp³-hybridized carbons (Fsp3) is 0.400.